The Hall–Kier alpha value is -4.60. The molecule has 0 unspecified atom stereocenters. The second-order valence-corrected chi connectivity index (χ2v) is 6.48. The number of non-ortho nitro benzene ring substituents is 1. The van der Waals surface area contributed by atoms with Crippen LogP contribution < -0.4 is 5.32 Å². The van der Waals surface area contributed by atoms with E-state index in [4.69, 9.17) is 0 Å². The number of pyridine rings is 1. The number of imidazole rings is 1. The normalized spacial score (nSPS) is 11.1. The van der Waals surface area contributed by atoms with E-state index < -0.39 is 10.8 Å². The molecule has 0 aliphatic carbocycles. The van der Waals surface area contributed by atoms with Crippen molar-refractivity contribution in [2.45, 2.75) is 0 Å². The molecule has 10 heteroatoms. The lowest BCUT2D eigenvalue weighted by Crippen LogP contribution is -2.09. The van der Waals surface area contributed by atoms with Gasteiger partial charge in [0.15, 0.2) is 5.82 Å². The first-order chi connectivity index (χ1) is 14.9. The van der Waals surface area contributed by atoms with Crippen molar-refractivity contribution < 1.29 is 19.3 Å². The number of carbonyl (C=O) groups is 1. The molecule has 0 radical (unpaired) electrons. The number of nitro benzene ring substituents is 1. The van der Waals surface area contributed by atoms with Crippen LogP contribution in [0.5, 0.6) is 0 Å². The summed E-state index contributed by atoms with van der Waals surface area (Å²) in [5.74, 6) is -0.363. The number of fused-ring (bicyclic) bond motifs is 1. The summed E-state index contributed by atoms with van der Waals surface area (Å²) in [5.41, 5.74) is 1.51. The fraction of sp³-hybridized carbons (Fsp3) is 0. The molecule has 0 saturated heterocycles. The standard InChI is InChI=1S/C21H14FN5O4/c22-15-5-1-13(2-6-15)3-10-20(28)25-19-9-4-14(12-23-19)21-24-17-8-7-16(27(30)31)11-18(17)26(21)29/h1-12,29H,(H,23,25,28)/b10-3+. The van der Waals surface area contributed by atoms with E-state index in [2.05, 4.69) is 15.3 Å². The molecule has 0 fully saturated rings. The largest absolute Gasteiger partial charge is 0.426 e. The van der Waals surface area contributed by atoms with E-state index in [1.54, 1.807) is 18.2 Å². The molecule has 9 nitrogen and oxygen atoms in total. The minimum Gasteiger partial charge on any atom is -0.426 e. The number of nitrogens with one attached hydrogen (secondary N) is 1. The Morgan fingerprint density at radius 2 is 1.94 bits per heavy atom. The average Bonchev–Trinajstić information content (AvgIpc) is 3.10. The number of nitro groups is 1. The monoisotopic (exact) mass is 419 g/mol. The minimum absolute atomic E-state index is 0.150. The van der Waals surface area contributed by atoms with Crippen LogP contribution in [0.2, 0.25) is 0 Å². The Kier molecular flexibility index (Phi) is 5.10. The zero-order valence-corrected chi connectivity index (χ0v) is 15.8. The summed E-state index contributed by atoms with van der Waals surface area (Å²) in [6, 6.07) is 12.8. The highest BCUT2D eigenvalue weighted by Crippen LogP contribution is 2.26. The zero-order chi connectivity index (χ0) is 22.0. The number of nitrogens with zero attached hydrogens (tertiary/aromatic N) is 4. The average molecular weight is 419 g/mol. The second-order valence-electron chi connectivity index (χ2n) is 6.48. The summed E-state index contributed by atoms with van der Waals surface area (Å²) in [6.45, 7) is 0. The third kappa shape index (κ3) is 4.22. The predicted octanol–water partition coefficient (Wildman–Crippen LogP) is 4.03. The Labute approximate surface area is 174 Å². The predicted molar refractivity (Wildman–Crippen MR) is 111 cm³/mol. The number of amides is 1. The van der Waals surface area contributed by atoms with Crippen LogP contribution in [0.25, 0.3) is 28.5 Å². The van der Waals surface area contributed by atoms with E-state index >= 15 is 0 Å². The summed E-state index contributed by atoms with van der Waals surface area (Å²) < 4.78 is 13.7. The molecule has 0 aliphatic heterocycles. The van der Waals surface area contributed by atoms with Gasteiger partial charge in [0.1, 0.15) is 17.2 Å². The number of rotatable bonds is 5. The number of aromatic nitrogens is 3. The van der Waals surface area contributed by atoms with Gasteiger partial charge in [0.2, 0.25) is 5.91 Å². The maximum absolute atomic E-state index is 12.9. The van der Waals surface area contributed by atoms with Crippen LogP contribution in [0.1, 0.15) is 5.56 Å². The molecule has 2 N–H and O–H groups in total. The third-order valence-corrected chi connectivity index (χ3v) is 4.40. The van der Waals surface area contributed by atoms with E-state index in [1.165, 1.54) is 54.7 Å². The highest BCUT2D eigenvalue weighted by molar-refractivity contribution is 6.01. The Morgan fingerprint density at radius 1 is 1.16 bits per heavy atom. The van der Waals surface area contributed by atoms with Gasteiger partial charge in [-0.25, -0.2) is 14.4 Å². The smallest absolute Gasteiger partial charge is 0.271 e. The first kappa shape index (κ1) is 19.7. The summed E-state index contributed by atoms with van der Waals surface area (Å²) in [4.78, 5) is 30.8. The highest BCUT2D eigenvalue weighted by atomic mass is 19.1. The molecule has 2 aromatic heterocycles. The van der Waals surface area contributed by atoms with Crippen LogP contribution in [0, 0.1) is 15.9 Å². The summed E-state index contributed by atoms with van der Waals surface area (Å²) in [7, 11) is 0. The molecule has 31 heavy (non-hydrogen) atoms. The number of hydrogen-bond acceptors (Lipinski definition) is 6. The van der Waals surface area contributed by atoms with Crippen molar-refractivity contribution in [3.05, 3.63) is 88.4 Å². The van der Waals surface area contributed by atoms with Crippen LogP contribution in [0.3, 0.4) is 0 Å². The second kappa shape index (κ2) is 8.03. The van der Waals surface area contributed by atoms with E-state index in [0.29, 0.717) is 16.6 Å². The van der Waals surface area contributed by atoms with Crippen LogP contribution in [-0.4, -0.2) is 30.7 Å². The number of hydrogen-bond donors (Lipinski definition) is 2. The van der Waals surface area contributed by atoms with Crippen molar-refractivity contribution in [1.82, 2.24) is 14.7 Å². The van der Waals surface area contributed by atoms with Gasteiger partial charge in [-0.1, -0.05) is 12.1 Å². The molecule has 0 aliphatic rings. The molecule has 0 saturated carbocycles. The number of benzene rings is 2. The van der Waals surface area contributed by atoms with Crippen molar-refractivity contribution in [2.75, 3.05) is 5.32 Å². The van der Waals surface area contributed by atoms with E-state index in [-0.39, 0.29) is 28.7 Å². The van der Waals surface area contributed by atoms with Crippen LogP contribution in [-0.2, 0) is 4.79 Å². The van der Waals surface area contributed by atoms with Gasteiger partial charge in [0.25, 0.3) is 5.69 Å². The fourth-order valence-electron chi connectivity index (χ4n) is 2.87. The lowest BCUT2D eigenvalue weighted by atomic mass is 10.2. The van der Waals surface area contributed by atoms with Crippen molar-refractivity contribution >= 4 is 34.5 Å². The lowest BCUT2D eigenvalue weighted by molar-refractivity contribution is -0.384. The molecule has 4 rings (SSSR count). The first-order valence-corrected chi connectivity index (χ1v) is 8.98. The molecule has 0 spiro atoms. The Balaban J connectivity index is 1.50. The molecular formula is C21H14FN5O4. The maximum atomic E-state index is 12.9. The van der Waals surface area contributed by atoms with Gasteiger partial charge in [-0.3, -0.25) is 14.9 Å². The summed E-state index contributed by atoms with van der Waals surface area (Å²) in [6.07, 6.45) is 4.24. The van der Waals surface area contributed by atoms with E-state index in [0.717, 1.165) is 4.73 Å². The van der Waals surface area contributed by atoms with Gasteiger partial charge in [-0.05, 0) is 42.0 Å². The molecule has 1 amide bonds. The zero-order valence-electron chi connectivity index (χ0n) is 15.8. The molecule has 0 atom stereocenters. The first-order valence-electron chi connectivity index (χ1n) is 8.98. The number of carbonyl (C=O) groups excluding carboxylic acids is 1. The van der Waals surface area contributed by atoms with Crippen molar-refractivity contribution in [2.24, 2.45) is 0 Å². The maximum Gasteiger partial charge on any atom is 0.271 e. The van der Waals surface area contributed by atoms with Crippen molar-refractivity contribution in [3.8, 4) is 11.4 Å². The van der Waals surface area contributed by atoms with Gasteiger partial charge in [0, 0.05) is 30.0 Å². The topological polar surface area (TPSA) is 123 Å². The van der Waals surface area contributed by atoms with Crippen LogP contribution >= 0.6 is 0 Å². The highest BCUT2D eigenvalue weighted by Gasteiger charge is 2.16. The van der Waals surface area contributed by atoms with Gasteiger partial charge in [-0.15, -0.1) is 0 Å². The van der Waals surface area contributed by atoms with Crippen LogP contribution in [0.4, 0.5) is 15.9 Å². The fourth-order valence-corrected chi connectivity index (χ4v) is 2.87. The van der Waals surface area contributed by atoms with Crippen LogP contribution in [0.15, 0.2) is 66.9 Å². The van der Waals surface area contributed by atoms with Crippen molar-refractivity contribution in [1.29, 1.82) is 0 Å². The summed E-state index contributed by atoms with van der Waals surface area (Å²) in [5, 5.41) is 23.9. The van der Waals surface area contributed by atoms with E-state index in [9.17, 15) is 24.5 Å². The molecule has 4 aromatic rings. The number of halogens is 1. The van der Waals surface area contributed by atoms with Crippen molar-refractivity contribution in [3.63, 3.8) is 0 Å². The van der Waals surface area contributed by atoms with Gasteiger partial charge in [0.05, 0.1) is 10.4 Å². The molecule has 0 bridgehead atoms. The lowest BCUT2D eigenvalue weighted by Gasteiger charge is -2.04. The van der Waals surface area contributed by atoms with Gasteiger partial charge < -0.3 is 10.5 Å². The Morgan fingerprint density at radius 3 is 2.61 bits per heavy atom. The SMILES string of the molecule is O=C(/C=C/c1ccc(F)cc1)Nc1ccc(-c2nc3ccc([N+](=O)[O-])cc3n2O)cn1. The van der Waals surface area contributed by atoms with Gasteiger partial charge in [-0.2, -0.15) is 4.73 Å². The molecule has 154 valence electrons. The van der Waals surface area contributed by atoms with Gasteiger partial charge >= 0.3 is 0 Å². The third-order valence-electron chi connectivity index (χ3n) is 4.40. The quantitative estimate of drug-likeness (QED) is 0.218. The molecule has 2 aromatic carbocycles. The molecular weight excluding hydrogens is 405 g/mol. The summed E-state index contributed by atoms with van der Waals surface area (Å²) >= 11 is 0. The Bertz CT molecular complexity index is 1310. The minimum atomic E-state index is -0.560. The number of anilines is 1. The molecule has 2 heterocycles. The van der Waals surface area contributed by atoms with E-state index in [1.807, 2.05) is 0 Å².